The molecule has 1 N–H and O–H groups in total. The molecule has 2 rings (SSSR count). The Kier molecular flexibility index (Phi) is 4.27. The molecule has 19 heavy (non-hydrogen) atoms. The van der Waals surface area contributed by atoms with Gasteiger partial charge in [0, 0.05) is 12.6 Å². The van der Waals surface area contributed by atoms with Crippen LogP contribution in [0.4, 0.5) is 0 Å². The van der Waals surface area contributed by atoms with Crippen LogP contribution in [0.3, 0.4) is 0 Å². The molecule has 0 radical (unpaired) electrons. The van der Waals surface area contributed by atoms with Crippen LogP contribution in [0.15, 0.2) is 28.7 Å². The minimum absolute atomic E-state index is 0.404. The number of aliphatic hydroxyl groups excluding tert-OH is 1. The first kappa shape index (κ1) is 14.1. The Hall–Kier alpha value is -1.33. The molecule has 2 aromatic rings. The summed E-state index contributed by atoms with van der Waals surface area (Å²) in [5.74, 6) is 0.697. The molecule has 1 heterocycles. The van der Waals surface area contributed by atoms with Crippen molar-refractivity contribution in [2.24, 2.45) is 7.05 Å². The summed E-state index contributed by atoms with van der Waals surface area (Å²) in [5, 5.41) is 14.0. The molecule has 0 aliphatic heterocycles. The van der Waals surface area contributed by atoms with Crippen molar-refractivity contribution in [2.75, 3.05) is 0 Å². The van der Waals surface area contributed by atoms with Crippen LogP contribution in [-0.4, -0.2) is 14.9 Å². The normalized spacial score (nSPS) is 12.5. The monoisotopic (exact) mass is 324 g/mol. The summed E-state index contributed by atoms with van der Waals surface area (Å²) in [6, 6.07) is 7.51. The Morgan fingerprint density at radius 1 is 1.42 bits per heavy atom. The lowest BCUT2D eigenvalue weighted by atomic mass is 10.1. The number of rotatable bonds is 4. The first-order chi connectivity index (χ1) is 9.00. The predicted molar refractivity (Wildman–Crippen MR) is 77.1 cm³/mol. The zero-order valence-electron chi connectivity index (χ0n) is 11.2. The molecule has 0 fully saturated rings. The maximum atomic E-state index is 9.71. The molecule has 0 bridgehead atoms. The summed E-state index contributed by atoms with van der Waals surface area (Å²) in [6.45, 7) is 4.07. The van der Waals surface area contributed by atoms with Gasteiger partial charge in [0.15, 0.2) is 0 Å². The SMILES string of the molecule is Cc1nn(C)c(COc2ccccc2C(C)O)c1Br. The van der Waals surface area contributed by atoms with Crippen molar-refractivity contribution in [3.63, 3.8) is 0 Å². The number of hydrogen-bond acceptors (Lipinski definition) is 3. The summed E-state index contributed by atoms with van der Waals surface area (Å²) >= 11 is 3.51. The van der Waals surface area contributed by atoms with E-state index in [-0.39, 0.29) is 0 Å². The van der Waals surface area contributed by atoms with Gasteiger partial charge in [-0.1, -0.05) is 18.2 Å². The second kappa shape index (κ2) is 5.75. The minimum atomic E-state index is -0.548. The molecule has 1 unspecified atom stereocenters. The highest BCUT2D eigenvalue weighted by molar-refractivity contribution is 9.10. The van der Waals surface area contributed by atoms with E-state index in [1.165, 1.54) is 0 Å². The zero-order chi connectivity index (χ0) is 14.0. The first-order valence-electron chi connectivity index (χ1n) is 6.08. The third-order valence-electron chi connectivity index (χ3n) is 3.00. The Bertz CT molecular complexity index is 579. The molecule has 0 aliphatic rings. The van der Waals surface area contributed by atoms with Gasteiger partial charge in [-0.05, 0) is 35.8 Å². The Balaban J connectivity index is 2.19. The van der Waals surface area contributed by atoms with Crippen LogP contribution in [0, 0.1) is 6.92 Å². The van der Waals surface area contributed by atoms with Gasteiger partial charge >= 0.3 is 0 Å². The largest absolute Gasteiger partial charge is 0.487 e. The molecular weight excluding hydrogens is 308 g/mol. The molecule has 0 spiro atoms. The number of hydrogen-bond donors (Lipinski definition) is 1. The highest BCUT2D eigenvalue weighted by atomic mass is 79.9. The third kappa shape index (κ3) is 2.98. The average molecular weight is 325 g/mol. The Labute approximate surface area is 121 Å². The lowest BCUT2D eigenvalue weighted by Crippen LogP contribution is -2.05. The zero-order valence-corrected chi connectivity index (χ0v) is 12.8. The van der Waals surface area contributed by atoms with E-state index >= 15 is 0 Å². The van der Waals surface area contributed by atoms with Crippen LogP contribution >= 0.6 is 15.9 Å². The maximum Gasteiger partial charge on any atom is 0.131 e. The fraction of sp³-hybridized carbons (Fsp3) is 0.357. The molecule has 4 nitrogen and oxygen atoms in total. The molecule has 0 saturated carbocycles. The van der Waals surface area contributed by atoms with E-state index in [2.05, 4.69) is 21.0 Å². The van der Waals surface area contributed by atoms with E-state index in [0.29, 0.717) is 12.4 Å². The quantitative estimate of drug-likeness (QED) is 0.939. The van der Waals surface area contributed by atoms with Crippen LogP contribution in [0.2, 0.25) is 0 Å². The van der Waals surface area contributed by atoms with E-state index < -0.39 is 6.10 Å². The summed E-state index contributed by atoms with van der Waals surface area (Å²) < 4.78 is 8.57. The van der Waals surface area contributed by atoms with E-state index in [9.17, 15) is 5.11 Å². The molecule has 0 amide bonds. The van der Waals surface area contributed by atoms with Gasteiger partial charge in [0.1, 0.15) is 12.4 Å². The highest BCUT2D eigenvalue weighted by Crippen LogP contribution is 2.27. The number of aryl methyl sites for hydroxylation is 2. The number of nitrogens with zero attached hydrogens (tertiary/aromatic N) is 2. The van der Waals surface area contributed by atoms with Gasteiger partial charge in [0.25, 0.3) is 0 Å². The number of halogens is 1. The van der Waals surface area contributed by atoms with E-state index in [4.69, 9.17) is 4.74 Å². The highest BCUT2D eigenvalue weighted by Gasteiger charge is 2.13. The molecule has 0 saturated heterocycles. The molecule has 0 aliphatic carbocycles. The molecule has 1 aromatic heterocycles. The molecule has 102 valence electrons. The number of ether oxygens (including phenoxy) is 1. The van der Waals surface area contributed by atoms with E-state index in [1.54, 1.807) is 11.6 Å². The standard InChI is InChI=1S/C14H17BrN2O2/c1-9-14(15)12(17(3)16-9)8-19-13-7-5-4-6-11(13)10(2)18/h4-7,10,18H,8H2,1-3H3. The molecule has 5 heteroatoms. The van der Waals surface area contributed by atoms with Crippen molar-refractivity contribution in [2.45, 2.75) is 26.6 Å². The lowest BCUT2D eigenvalue weighted by Gasteiger charge is -2.13. The number of aliphatic hydroxyl groups is 1. The summed E-state index contributed by atoms with van der Waals surface area (Å²) in [7, 11) is 1.89. The second-order valence-corrected chi connectivity index (χ2v) is 5.27. The van der Waals surface area contributed by atoms with Crippen molar-refractivity contribution in [3.8, 4) is 5.75 Å². The third-order valence-corrected chi connectivity index (χ3v) is 4.03. The van der Waals surface area contributed by atoms with Gasteiger partial charge in [-0.15, -0.1) is 0 Å². The Morgan fingerprint density at radius 2 is 2.11 bits per heavy atom. The van der Waals surface area contributed by atoms with Gasteiger partial charge in [0.2, 0.25) is 0 Å². The first-order valence-corrected chi connectivity index (χ1v) is 6.87. The summed E-state index contributed by atoms with van der Waals surface area (Å²) in [4.78, 5) is 0. The van der Waals surface area contributed by atoms with Crippen LogP contribution in [0.25, 0.3) is 0 Å². The fourth-order valence-corrected chi connectivity index (χ4v) is 2.39. The van der Waals surface area contributed by atoms with Crippen LogP contribution in [-0.2, 0) is 13.7 Å². The second-order valence-electron chi connectivity index (χ2n) is 4.47. The van der Waals surface area contributed by atoms with E-state index in [1.807, 2.05) is 38.2 Å². The fourth-order valence-electron chi connectivity index (χ4n) is 1.94. The average Bonchev–Trinajstić information content (AvgIpc) is 2.61. The molecular formula is C14H17BrN2O2. The van der Waals surface area contributed by atoms with Crippen molar-refractivity contribution < 1.29 is 9.84 Å². The molecule has 1 atom stereocenters. The maximum absolute atomic E-state index is 9.71. The van der Waals surface area contributed by atoms with Crippen LogP contribution in [0.5, 0.6) is 5.75 Å². The van der Waals surface area contributed by atoms with Gasteiger partial charge in [-0.2, -0.15) is 5.10 Å². The van der Waals surface area contributed by atoms with Crippen LogP contribution < -0.4 is 4.74 Å². The smallest absolute Gasteiger partial charge is 0.131 e. The number of benzene rings is 1. The number of para-hydroxylation sites is 1. The van der Waals surface area contributed by atoms with Gasteiger partial charge in [-0.25, -0.2) is 0 Å². The predicted octanol–water partition coefficient (Wildman–Crippen LogP) is 3.12. The van der Waals surface area contributed by atoms with Crippen LogP contribution in [0.1, 0.15) is 30.0 Å². The minimum Gasteiger partial charge on any atom is -0.487 e. The van der Waals surface area contributed by atoms with Crippen molar-refractivity contribution in [3.05, 3.63) is 45.7 Å². The molecule has 1 aromatic carbocycles. The van der Waals surface area contributed by atoms with Crippen molar-refractivity contribution in [1.29, 1.82) is 0 Å². The summed E-state index contributed by atoms with van der Waals surface area (Å²) in [5.41, 5.74) is 2.69. The van der Waals surface area contributed by atoms with Crippen molar-refractivity contribution >= 4 is 15.9 Å². The van der Waals surface area contributed by atoms with E-state index in [0.717, 1.165) is 21.4 Å². The van der Waals surface area contributed by atoms with Gasteiger partial charge < -0.3 is 9.84 Å². The summed E-state index contributed by atoms with van der Waals surface area (Å²) in [6.07, 6.45) is -0.548. The van der Waals surface area contributed by atoms with Gasteiger partial charge in [-0.3, -0.25) is 4.68 Å². The lowest BCUT2D eigenvalue weighted by molar-refractivity contribution is 0.189. The topological polar surface area (TPSA) is 47.3 Å². The Morgan fingerprint density at radius 3 is 2.68 bits per heavy atom. The van der Waals surface area contributed by atoms with Crippen molar-refractivity contribution in [1.82, 2.24) is 9.78 Å². The van der Waals surface area contributed by atoms with Gasteiger partial charge in [0.05, 0.1) is 22.0 Å². The number of aromatic nitrogens is 2.